The van der Waals surface area contributed by atoms with Crippen LogP contribution in [0, 0.1) is 0 Å². The van der Waals surface area contributed by atoms with Gasteiger partial charge in [-0.3, -0.25) is 4.79 Å². The van der Waals surface area contributed by atoms with Crippen LogP contribution in [0.2, 0.25) is 0 Å². The molecule has 0 bridgehead atoms. The summed E-state index contributed by atoms with van der Waals surface area (Å²) in [6, 6.07) is 0. The number of amides is 1. The van der Waals surface area contributed by atoms with Gasteiger partial charge in [0.1, 0.15) is 0 Å². The first-order valence-electron chi connectivity index (χ1n) is 4.32. The van der Waals surface area contributed by atoms with E-state index in [0.717, 1.165) is 31.9 Å². The molecule has 0 aromatic rings. The van der Waals surface area contributed by atoms with E-state index in [-0.39, 0.29) is 0 Å². The maximum absolute atomic E-state index is 11.4. The van der Waals surface area contributed by atoms with E-state index in [9.17, 15) is 4.79 Å². The van der Waals surface area contributed by atoms with Gasteiger partial charge in [0, 0.05) is 38.4 Å². The first kappa shape index (κ1) is 9.86. The molecule has 0 aromatic carbocycles. The highest BCUT2D eigenvalue weighted by Gasteiger charge is 2.14. The number of nitrogens with zero attached hydrogens (tertiary/aromatic N) is 1. The molecular weight excluding hydrogens is 172 g/mol. The molecule has 1 N–H and O–H groups in total. The van der Waals surface area contributed by atoms with Crippen LogP contribution in [0.5, 0.6) is 0 Å². The van der Waals surface area contributed by atoms with Gasteiger partial charge in [0.05, 0.1) is 0 Å². The zero-order chi connectivity index (χ0) is 8.81. The van der Waals surface area contributed by atoms with Crippen molar-refractivity contribution in [1.82, 2.24) is 10.2 Å². The maximum Gasteiger partial charge on any atom is 0.223 e. The van der Waals surface area contributed by atoms with E-state index in [1.807, 2.05) is 11.2 Å². The lowest BCUT2D eigenvalue weighted by Gasteiger charge is -2.27. The van der Waals surface area contributed by atoms with Crippen molar-refractivity contribution in [2.24, 2.45) is 0 Å². The van der Waals surface area contributed by atoms with Gasteiger partial charge in [-0.1, -0.05) is 0 Å². The third-order valence-corrected chi connectivity index (χ3v) is 2.60. The monoisotopic (exact) mass is 188 g/mol. The largest absolute Gasteiger partial charge is 0.340 e. The molecule has 1 amide bonds. The Labute approximate surface area is 77.9 Å². The van der Waals surface area contributed by atoms with E-state index < -0.39 is 0 Å². The minimum absolute atomic E-state index is 0.311. The Morgan fingerprint density at radius 1 is 1.50 bits per heavy atom. The summed E-state index contributed by atoms with van der Waals surface area (Å²) in [5.41, 5.74) is 0. The second kappa shape index (κ2) is 5.43. The van der Waals surface area contributed by atoms with E-state index in [1.165, 1.54) is 0 Å². The van der Waals surface area contributed by atoms with Gasteiger partial charge in [-0.05, 0) is 6.26 Å². The number of thioether (sulfide) groups is 1. The Balaban J connectivity index is 2.20. The molecule has 1 heterocycles. The standard InChI is InChI=1S/C8H16N2OS/c1-12-7-2-8(11)10-5-3-9-4-6-10/h9H,2-7H2,1H3. The molecule has 4 heteroatoms. The summed E-state index contributed by atoms with van der Waals surface area (Å²) in [6.45, 7) is 3.66. The van der Waals surface area contributed by atoms with E-state index in [1.54, 1.807) is 11.8 Å². The third kappa shape index (κ3) is 3.03. The number of rotatable bonds is 3. The predicted octanol–water partition coefficient (Wildman–Crippen LogP) is 0.171. The maximum atomic E-state index is 11.4. The fourth-order valence-corrected chi connectivity index (χ4v) is 1.64. The highest BCUT2D eigenvalue weighted by molar-refractivity contribution is 7.98. The smallest absolute Gasteiger partial charge is 0.223 e. The second-order valence-electron chi connectivity index (χ2n) is 2.87. The molecule has 0 unspecified atom stereocenters. The molecule has 0 saturated carbocycles. The molecule has 0 aliphatic carbocycles. The molecule has 1 aliphatic rings. The fraction of sp³-hybridized carbons (Fsp3) is 0.875. The Morgan fingerprint density at radius 3 is 2.75 bits per heavy atom. The predicted molar refractivity (Wildman–Crippen MR) is 52.4 cm³/mol. The molecule has 0 atom stereocenters. The second-order valence-corrected chi connectivity index (χ2v) is 3.86. The molecular formula is C8H16N2OS. The van der Waals surface area contributed by atoms with E-state index in [4.69, 9.17) is 0 Å². The molecule has 1 fully saturated rings. The van der Waals surface area contributed by atoms with Gasteiger partial charge < -0.3 is 10.2 Å². The van der Waals surface area contributed by atoms with Crippen LogP contribution < -0.4 is 5.32 Å². The molecule has 12 heavy (non-hydrogen) atoms. The van der Waals surface area contributed by atoms with Gasteiger partial charge in [-0.2, -0.15) is 11.8 Å². The lowest BCUT2D eigenvalue weighted by atomic mass is 10.3. The average Bonchev–Trinajstić information content (AvgIpc) is 2.15. The van der Waals surface area contributed by atoms with E-state index >= 15 is 0 Å². The summed E-state index contributed by atoms with van der Waals surface area (Å²) in [5, 5.41) is 3.23. The van der Waals surface area contributed by atoms with Gasteiger partial charge in [0.25, 0.3) is 0 Å². The zero-order valence-electron chi connectivity index (χ0n) is 7.51. The molecule has 0 radical (unpaired) electrons. The van der Waals surface area contributed by atoms with Gasteiger partial charge in [-0.15, -0.1) is 0 Å². The van der Waals surface area contributed by atoms with Crippen molar-refractivity contribution in [3.05, 3.63) is 0 Å². The highest BCUT2D eigenvalue weighted by atomic mass is 32.2. The van der Waals surface area contributed by atoms with Gasteiger partial charge >= 0.3 is 0 Å². The van der Waals surface area contributed by atoms with Crippen molar-refractivity contribution in [1.29, 1.82) is 0 Å². The van der Waals surface area contributed by atoms with Crippen LogP contribution in [0.25, 0.3) is 0 Å². The molecule has 1 saturated heterocycles. The van der Waals surface area contributed by atoms with Crippen LogP contribution in [0.4, 0.5) is 0 Å². The lowest BCUT2D eigenvalue weighted by molar-refractivity contribution is -0.131. The van der Waals surface area contributed by atoms with Gasteiger partial charge in [-0.25, -0.2) is 0 Å². The number of carbonyl (C=O) groups is 1. The molecule has 1 rings (SSSR count). The Kier molecular flexibility index (Phi) is 4.46. The van der Waals surface area contributed by atoms with Gasteiger partial charge in [0.2, 0.25) is 5.91 Å². The molecule has 1 aliphatic heterocycles. The topological polar surface area (TPSA) is 32.3 Å². The fourth-order valence-electron chi connectivity index (χ4n) is 1.26. The van der Waals surface area contributed by atoms with Crippen molar-refractivity contribution in [3.63, 3.8) is 0 Å². The molecule has 3 nitrogen and oxygen atoms in total. The SMILES string of the molecule is CSCCC(=O)N1CCNCC1. The quantitative estimate of drug-likeness (QED) is 0.685. The molecule has 70 valence electrons. The van der Waals surface area contributed by atoms with Crippen LogP contribution in [0.1, 0.15) is 6.42 Å². The normalized spacial score (nSPS) is 17.9. The number of nitrogens with one attached hydrogen (secondary N) is 1. The summed E-state index contributed by atoms with van der Waals surface area (Å²) in [6.07, 6.45) is 2.73. The minimum Gasteiger partial charge on any atom is -0.340 e. The Bertz CT molecular complexity index is 146. The third-order valence-electron chi connectivity index (χ3n) is 1.99. The van der Waals surface area contributed by atoms with Crippen molar-refractivity contribution in [3.8, 4) is 0 Å². The van der Waals surface area contributed by atoms with Crippen LogP contribution in [-0.2, 0) is 4.79 Å². The first-order valence-corrected chi connectivity index (χ1v) is 5.71. The van der Waals surface area contributed by atoms with Crippen LogP contribution in [0.3, 0.4) is 0 Å². The molecule has 0 aromatic heterocycles. The van der Waals surface area contributed by atoms with Crippen molar-refractivity contribution < 1.29 is 4.79 Å². The summed E-state index contributed by atoms with van der Waals surface area (Å²) in [7, 11) is 0. The summed E-state index contributed by atoms with van der Waals surface area (Å²) >= 11 is 1.73. The van der Waals surface area contributed by atoms with Crippen LogP contribution in [0.15, 0.2) is 0 Å². The van der Waals surface area contributed by atoms with Crippen molar-refractivity contribution in [2.75, 3.05) is 38.2 Å². The Morgan fingerprint density at radius 2 is 2.17 bits per heavy atom. The van der Waals surface area contributed by atoms with Crippen LogP contribution in [-0.4, -0.2) is 49.0 Å². The highest BCUT2D eigenvalue weighted by Crippen LogP contribution is 2.01. The average molecular weight is 188 g/mol. The Hall–Kier alpha value is -0.220. The summed E-state index contributed by atoms with van der Waals surface area (Å²) in [5.74, 6) is 1.26. The van der Waals surface area contributed by atoms with Crippen LogP contribution >= 0.6 is 11.8 Å². The van der Waals surface area contributed by atoms with Crippen molar-refractivity contribution >= 4 is 17.7 Å². The number of hydrogen-bond acceptors (Lipinski definition) is 3. The molecule has 0 spiro atoms. The minimum atomic E-state index is 0.311. The number of hydrogen-bond donors (Lipinski definition) is 1. The van der Waals surface area contributed by atoms with E-state index in [2.05, 4.69) is 5.32 Å². The summed E-state index contributed by atoms with van der Waals surface area (Å²) in [4.78, 5) is 13.4. The number of piperazine rings is 1. The summed E-state index contributed by atoms with van der Waals surface area (Å²) < 4.78 is 0. The lowest BCUT2D eigenvalue weighted by Crippen LogP contribution is -2.46. The van der Waals surface area contributed by atoms with Crippen molar-refractivity contribution in [2.45, 2.75) is 6.42 Å². The first-order chi connectivity index (χ1) is 5.84. The van der Waals surface area contributed by atoms with E-state index in [0.29, 0.717) is 12.3 Å². The zero-order valence-corrected chi connectivity index (χ0v) is 8.32. The van der Waals surface area contributed by atoms with Gasteiger partial charge in [0.15, 0.2) is 0 Å². The number of carbonyl (C=O) groups excluding carboxylic acids is 1.